The summed E-state index contributed by atoms with van der Waals surface area (Å²) in [5.74, 6) is 0. The standard InChI is InChI=1S/C9H19ClN2/c1-3-9(4-2)11-5-7-12(10)8-6-11/h9H,3-8H2,1-2H3. The molecule has 0 atom stereocenters. The van der Waals surface area contributed by atoms with Crippen molar-refractivity contribution in [2.24, 2.45) is 0 Å². The molecule has 1 aliphatic rings. The Morgan fingerprint density at radius 3 is 2.00 bits per heavy atom. The first-order valence-corrected chi connectivity index (χ1v) is 5.26. The van der Waals surface area contributed by atoms with Crippen molar-refractivity contribution in [3.8, 4) is 0 Å². The number of rotatable bonds is 3. The van der Waals surface area contributed by atoms with Gasteiger partial charge >= 0.3 is 0 Å². The van der Waals surface area contributed by atoms with Crippen LogP contribution in [0.1, 0.15) is 26.7 Å². The molecule has 0 saturated carbocycles. The largest absolute Gasteiger partial charge is 0.298 e. The Kier molecular flexibility index (Phi) is 4.33. The molecule has 0 bridgehead atoms. The molecule has 1 fully saturated rings. The highest BCUT2D eigenvalue weighted by Gasteiger charge is 2.20. The quantitative estimate of drug-likeness (QED) is 0.628. The molecule has 1 rings (SSSR count). The summed E-state index contributed by atoms with van der Waals surface area (Å²) in [4.78, 5) is 2.55. The van der Waals surface area contributed by atoms with E-state index in [0.29, 0.717) is 0 Å². The molecule has 3 heteroatoms. The van der Waals surface area contributed by atoms with E-state index in [1.165, 1.54) is 12.8 Å². The summed E-state index contributed by atoms with van der Waals surface area (Å²) in [6, 6.07) is 0.773. The molecule has 2 nitrogen and oxygen atoms in total. The summed E-state index contributed by atoms with van der Waals surface area (Å²) in [7, 11) is 0. The highest BCUT2D eigenvalue weighted by molar-refractivity contribution is 6.13. The Bertz CT molecular complexity index is 118. The van der Waals surface area contributed by atoms with Gasteiger partial charge < -0.3 is 0 Å². The van der Waals surface area contributed by atoms with Crippen molar-refractivity contribution in [2.45, 2.75) is 32.7 Å². The molecule has 0 aliphatic carbocycles. The van der Waals surface area contributed by atoms with E-state index in [1.54, 1.807) is 0 Å². The van der Waals surface area contributed by atoms with Crippen molar-refractivity contribution in [3.05, 3.63) is 0 Å². The molecule has 0 radical (unpaired) electrons. The van der Waals surface area contributed by atoms with E-state index in [4.69, 9.17) is 11.8 Å². The van der Waals surface area contributed by atoms with Gasteiger partial charge in [0.15, 0.2) is 0 Å². The summed E-state index contributed by atoms with van der Waals surface area (Å²) in [5, 5.41) is 0. The van der Waals surface area contributed by atoms with Gasteiger partial charge in [0.05, 0.1) is 0 Å². The van der Waals surface area contributed by atoms with Crippen molar-refractivity contribution < 1.29 is 0 Å². The zero-order valence-electron chi connectivity index (χ0n) is 8.09. The molecule has 0 aromatic carbocycles. The van der Waals surface area contributed by atoms with Crippen LogP contribution in [0.5, 0.6) is 0 Å². The molecule has 0 amide bonds. The Balaban J connectivity index is 2.32. The second-order valence-electron chi connectivity index (χ2n) is 3.42. The fourth-order valence-corrected chi connectivity index (χ4v) is 2.02. The third-order valence-corrected chi connectivity index (χ3v) is 3.06. The van der Waals surface area contributed by atoms with E-state index in [1.807, 2.05) is 4.42 Å². The SMILES string of the molecule is CCC(CC)N1CCN(Cl)CC1. The lowest BCUT2D eigenvalue weighted by Crippen LogP contribution is -2.47. The zero-order valence-corrected chi connectivity index (χ0v) is 8.85. The summed E-state index contributed by atoms with van der Waals surface area (Å²) >= 11 is 5.88. The van der Waals surface area contributed by atoms with Crippen LogP contribution in [-0.4, -0.2) is 41.5 Å². The maximum atomic E-state index is 5.88. The molecule has 1 aliphatic heterocycles. The van der Waals surface area contributed by atoms with Crippen molar-refractivity contribution in [1.82, 2.24) is 9.32 Å². The van der Waals surface area contributed by atoms with Crippen LogP contribution >= 0.6 is 11.8 Å². The maximum Gasteiger partial charge on any atom is 0.0267 e. The average molecular weight is 191 g/mol. The molecule has 72 valence electrons. The Morgan fingerprint density at radius 2 is 1.58 bits per heavy atom. The third-order valence-electron chi connectivity index (χ3n) is 2.72. The first kappa shape index (κ1) is 10.3. The Labute approximate surface area is 80.6 Å². The van der Waals surface area contributed by atoms with E-state index in [0.717, 1.165) is 32.2 Å². The second-order valence-corrected chi connectivity index (χ2v) is 3.89. The molecule has 0 aromatic heterocycles. The number of halogens is 1. The predicted molar refractivity (Wildman–Crippen MR) is 53.4 cm³/mol. The maximum absolute atomic E-state index is 5.88. The van der Waals surface area contributed by atoms with E-state index in [2.05, 4.69) is 18.7 Å². The summed E-state index contributed by atoms with van der Waals surface area (Å²) in [5.41, 5.74) is 0. The molecule has 0 unspecified atom stereocenters. The first-order valence-electron chi connectivity index (χ1n) is 4.92. The number of nitrogens with zero attached hydrogens (tertiary/aromatic N) is 2. The van der Waals surface area contributed by atoms with Gasteiger partial charge in [-0.3, -0.25) is 4.90 Å². The van der Waals surface area contributed by atoms with Gasteiger partial charge in [0.2, 0.25) is 0 Å². The molecular formula is C9H19ClN2. The normalized spacial score (nSPS) is 22.0. The van der Waals surface area contributed by atoms with Crippen LogP contribution in [0.3, 0.4) is 0 Å². The monoisotopic (exact) mass is 190 g/mol. The van der Waals surface area contributed by atoms with Gasteiger partial charge in [0.25, 0.3) is 0 Å². The minimum absolute atomic E-state index is 0.773. The van der Waals surface area contributed by atoms with Crippen LogP contribution in [-0.2, 0) is 0 Å². The van der Waals surface area contributed by atoms with E-state index in [9.17, 15) is 0 Å². The van der Waals surface area contributed by atoms with Gasteiger partial charge in [-0.2, -0.15) is 0 Å². The highest BCUT2D eigenvalue weighted by atomic mass is 35.5. The van der Waals surface area contributed by atoms with Gasteiger partial charge in [-0.25, -0.2) is 4.42 Å². The molecule has 1 saturated heterocycles. The molecule has 0 aromatic rings. The van der Waals surface area contributed by atoms with E-state index in [-0.39, 0.29) is 0 Å². The van der Waals surface area contributed by atoms with Gasteiger partial charge in [0.1, 0.15) is 0 Å². The molecule has 0 spiro atoms. The molecule has 0 N–H and O–H groups in total. The van der Waals surface area contributed by atoms with Crippen LogP contribution < -0.4 is 0 Å². The first-order chi connectivity index (χ1) is 5.77. The van der Waals surface area contributed by atoms with Gasteiger partial charge in [-0.15, -0.1) is 0 Å². The highest BCUT2D eigenvalue weighted by Crippen LogP contribution is 2.12. The second kappa shape index (κ2) is 5.05. The fourth-order valence-electron chi connectivity index (χ4n) is 1.87. The van der Waals surface area contributed by atoms with E-state index >= 15 is 0 Å². The van der Waals surface area contributed by atoms with Gasteiger partial charge in [-0.05, 0) is 24.6 Å². The van der Waals surface area contributed by atoms with Crippen molar-refractivity contribution in [1.29, 1.82) is 0 Å². The predicted octanol–water partition coefficient (Wildman–Crippen LogP) is 1.95. The number of piperazine rings is 1. The lowest BCUT2D eigenvalue weighted by atomic mass is 10.1. The summed E-state index contributed by atoms with van der Waals surface area (Å²) in [6.45, 7) is 8.82. The minimum atomic E-state index is 0.773. The van der Waals surface area contributed by atoms with Crippen molar-refractivity contribution in [3.63, 3.8) is 0 Å². The summed E-state index contributed by atoms with van der Waals surface area (Å²) in [6.07, 6.45) is 2.53. The smallest absolute Gasteiger partial charge is 0.0267 e. The minimum Gasteiger partial charge on any atom is -0.298 e. The zero-order chi connectivity index (χ0) is 8.97. The lowest BCUT2D eigenvalue weighted by Gasteiger charge is -2.36. The molecule has 12 heavy (non-hydrogen) atoms. The van der Waals surface area contributed by atoms with E-state index < -0.39 is 0 Å². The topological polar surface area (TPSA) is 6.48 Å². The van der Waals surface area contributed by atoms with Crippen LogP contribution in [0.4, 0.5) is 0 Å². The Hall–Kier alpha value is 0.210. The van der Waals surface area contributed by atoms with Crippen molar-refractivity contribution in [2.75, 3.05) is 26.2 Å². The van der Waals surface area contributed by atoms with Crippen LogP contribution in [0.25, 0.3) is 0 Å². The number of hydrogen-bond acceptors (Lipinski definition) is 2. The lowest BCUT2D eigenvalue weighted by molar-refractivity contribution is 0.132. The summed E-state index contributed by atoms with van der Waals surface area (Å²) < 4.78 is 1.89. The average Bonchev–Trinajstić information content (AvgIpc) is 2.10. The van der Waals surface area contributed by atoms with Crippen molar-refractivity contribution >= 4 is 11.8 Å². The van der Waals surface area contributed by atoms with Gasteiger partial charge in [-0.1, -0.05) is 13.8 Å². The fraction of sp³-hybridized carbons (Fsp3) is 1.00. The van der Waals surface area contributed by atoms with Crippen LogP contribution in [0.15, 0.2) is 0 Å². The van der Waals surface area contributed by atoms with Gasteiger partial charge in [0, 0.05) is 32.2 Å². The van der Waals surface area contributed by atoms with Crippen LogP contribution in [0.2, 0.25) is 0 Å². The Morgan fingerprint density at radius 1 is 1.08 bits per heavy atom. The molecule has 1 heterocycles. The van der Waals surface area contributed by atoms with Crippen LogP contribution in [0, 0.1) is 0 Å². The third kappa shape index (κ3) is 2.61. The molecular weight excluding hydrogens is 172 g/mol. The number of hydrogen-bond donors (Lipinski definition) is 0.